The van der Waals surface area contributed by atoms with Crippen molar-refractivity contribution in [2.24, 2.45) is 0 Å². The van der Waals surface area contributed by atoms with Crippen molar-refractivity contribution in [2.45, 2.75) is 91.9 Å². The standard InChI is InChI=1S/C68H66Br2N2/c1-5-7-9-13-25-55-47-68(54-28-20-30-62(46-54)72(60-37-33-58(70)34-38-60)64-40-42-66(50(4)44-64)52-23-17-12-18-24-52)56(26-14-10-8-6-2)48-67(55)53-27-19-29-61(45-53)71(59-35-31-57(69)32-36-59)63-39-41-65(49(3)43-63)51-21-15-11-16-22-51/h11-12,15-24,27-48H,5-10,13-14,25-26H2,1-4H3. The maximum Gasteiger partial charge on any atom is 0.0467 e. The van der Waals surface area contributed by atoms with E-state index in [9.17, 15) is 0 Å². The highest BCUT2D eigenvalue weighted by Gasteiger charge is 2.20. The molecule has 0 heterocycles. The lowest BCUT2D eigenvalue weighted by Gasteiger charge is -2.28. The van der Waals surface area contributed by atoms with Crippen molar-refractivity contribution in [3.63, 3.8) is 0 Å². The maximum atomic E-state index is 3.71. The summed E-state index contributed by atoms with van der Waals surface area (Å²) < 4.78 is 2.13. The van der Waals surface area contributed by atoms with Crippen LogP contribution in [0.5, 0.6) is 0 Å². The molecule has 0 aliphatic carbocycles. The quantitative estimate of drug-likeness (QED) is 0.0702. The van der Waals surface area contributed by atoms with Gasteiger partial charge >= 0.3 is 0 Å². The Morgan fingerprint density at radius 1 is 0.306 bits per heavy atom. The highest BCUT2D eigenvalue weighted by molar-refractivity contribution is 9.10. The Labute approximate surface area is 446 Å². The van der Waals surface area contributed by atoms with Gasteiger partial charge in [0.2, 0.25) is 0 Å². The molecule has 0 aliphatic heterocycles. The zero-order valence-electron chi connectivity index (χ0n) is 42.4. The van der Waals surface area contributed by atoms with Gasteiger partial charge in [0.25, 0.3) is 0 Å². The van der Waals surface area contributed by atoms with Crippen LogP contribution in [0.4, 0.5) is 34.1 Å². The second-order valence-corrected chi connectivity index (χ2v) is 21.1. The molecule has 0 amide bonds. The molecule has 0 saturated carbocycles. The topological polar surface area (TPSA) is 6.48 Å². The SMILES string of the molecule is CCCCCCc1cc(-c2cccc(N(c3ccc(Br)cc3)c3ccc(-c4ccccc4)c(C)c3)c2)c(CCCCCC)cc1-c1cccc(N(c2ccc(Br)cc2)c2ccc(-c3ccccc3)c(C)c2)c1. The highest BCUT2D eigenvalue weighted by Crippen LogP contribution is 2.43. The van der Waals surface area contributed by atoms with Crippen LogP contribution in [0, 0.1) is 13.8 Å². The van der Waals surface area contributed by atoms with Crippen LogP contribution in [0.25, 0.3) is 44.5 Å². The van der Waals surface area contributed by atoms with Gasteiger partial charge in [-0.2, -0.15) is 0 Å². The van der Waals surface area contributed by atoms with Gasteiger partial charge in [-0.25, -0.2) is 0 Å². The van der Waals surface area contributed by atoms with Gasteiger partial charge in [0.1, 0.15) is 0 Å². The summed E-state index contributed by atoms with van der Waals surface area (Å²) in [7, 11) is 0. The number of anilines is 6. The van der Waals surface area contributed by atoms with Gasteiger partial charge in [-0.05, 0) is 203 Å². The Hall–Kier alpha value is -6.46. The molecule has 4 heteroatoms. The Morgan fingerprint density at radius 3 is 1.04 bits per heavy atom. The third-order valence-electron chi connectivity index (χ3n) is 14.0. The lowest BCUT2D eigenvalue weighted by Crippen LogP contribution is -2.10. The monoisotopic (exact) mass is 1070 g/mol. The predicted molar refractivity (Wildman–Crippen MR) is 318 cm³/mol. The van der Waals surface area contributed by atoms with E-state index >= 15 is 0 Å². The smallest absolute Gasteiger partial charge is 0.0467 e. The molecule has 0 fully saturated rings. The Kier molecular flexibility index (Phi) is 17.0. The van der Waals surface area contributed by atoms with Crippen LogP contribution in [0.1, 0.15) is 87.5 Å². The minimum Gasteiger partial charge on any atom is -0.310 e. The number of hydrogen-bond acceptors (Lipinski definition) is 2. The number of benzene rings is 9. The van der Waals surface area contributed by atoms with E-state index in [0.717, 1.165) is 68.8 Å². The lowest BCUT2D eigenvalue weighted by atomic mass is 9.86. The van der Waals surface area contributed by atoms with Crippen LogP contribution in [0.2, 0.25) is 0 Å². The van der Waals surface area contributed by atoms with Gasteiger partial charge in [-0.15, -0.1) is 0 Å². The summed E-state index contributed by atoms with van der Waals surface area (Å²) in [4.78, 5) is 4.83. The molecule has 0 N–H and O–H groups in total. The summed E-state index contributed by atoms with van der Waals surface area (Å²) in [5, 5.41) is 0. The minimum atomic E-state index is 1.02. The van der Waals surface area contributed by atoms with E-state index in [4.69, 9.17) is 0 Å². The second-order valence-electron chi connectivity index (χ2n) is 19.2. The summed E-state index contributed by atoms with van der Waals surface area (Å²) >= 11 is 7.43. The zero-order chi connectivity index (χ0) is 49.8. The molecule has 0 bridgehead atoms. The number of hydrogen-bond donors (Lipinski definition) is 0. The summed E-state index contributed by atoms with van der Waals surface area (Å²) in [5.41, 5.74) is 22.3. The molecule has 362 valence electrons. The molecular formula is C68H66Br2N2. The maximum absolute atomic E-state index is 3.71. The van der Waals surface area contributed by atoms with Crippen molar-refractivity contribution in [1.82, 2.24) is 0 Å². The molecule has 0 unspecified atom stereocenters. The molecule has 9 aromatic carbocycles. The summed E-state index contributed by atoms with van der Waals surface area (Å²) in [6.45, 7) is 9.07. The van der Waals surface area contributed by atoms with Crippen LogP contribution in [0.3, 0.4) is 0 Å². The predicted octanol–water partition coefficient (Wildman–Crippen LogP) is 21.7. The van der Waals surface area contributed by atoms with Gasteiger partial charge in [-0.1, -0.05) is 193 Å². The fourth-order valence-electron chi connectivity index (χ4n) is 10.3. The molecule has 2 nitrogen and oxygen atoms in total. The van der Waals surface area contributed by atoms with E-state index in [-0.39, 0.29) is 0 Å². The third kappa shape index (κ3) is 12.1. The van der Waals surface area contributed by atoms with Crippen molar-refractivity contribution in [1.29, 1.82) is 0 Å². The van der Waals surface area contributed by atoms with Crippen LogP contribution in [-0.2, 0) is 12.8 Å². The molecule has 0 aliphatic rings. The van der Waals surface area contributed by atoms with E-state index in [1.807, 2.05) is 0 Å². The Bertz CT molecular complexity index is 2980. The van der Waals surface area contributed by atoms with Gasteiger partial charge in [0, 0.05) is 43.1 Å². The van der Waals surface area contributed by atoms with Crippen molar-refractivity contribution in [3.8, 4) is 44.5 Å². The Balaban J connectivity index is 1.16. The molecule has 0 spiro atoms. The summed E-state index contributed by atoms with van der Waals surface area (Å²) in [6, 6.07) is 76.4. The van der Waals surface area contributed by atoms with Crippen molar-refractivity contribution < 1.29 is 0 Å². The van der Waals surface area contributed by atoms with E-state index in [0.29, 0.717) is 0 Å². The van der Waals surface area contributed by atoms with Crippen molar-refractivity contribution >= 4 is 66.0 Å². The first-order valence-corrected chi connectivity index (χ1v) is 27.7. The number of halogens is 2. The summed E-state index contributed by atoms with van der Waals surface area (Å²) in [6.07, 6.45) is 11.7. The van der Waals surface area contributed by atoms with Crippen LogP contribution in [-0.4, -0.2) is 0 Å². The van der Waals surface area contributed by atoms with Crippen molar-refractivity contribution in [3.05, 3.63) is 237 Å². The highest BCUT2D eigenvalue weighted by atomic mass is 79.9. The molecular weight excluding hydrogens is 1000 g/mol. The van der Waals surface area contributed by atoms with E-state index in [1.54, 1.807) is 0 Å². The lowest BCUT2D eigenvalue weighted by molar-refractivity contribution is 0.664. The van der Waals surface area contributed by atoms with Gasteiger partial charge in [0.15, 0.2) is 0 Å². The van der Waals surface area contributed by atoms with E-state index in [1.165, 1.54) is 105 Å². The van der Waals surface area contributed by atoms with Crippen LogP contribution < -0.4 is 9.80 Å². The second kappa shape index (κ2) is 24.3. The summed E-state index contributed by atoms with van der Waals surface area (Å²) in [5.74, 6) is 0. The average molecular weight is 1070 g/mol. The average Bonchev–Trinajstić information content (AvgIpc) is 3.41. The first kappa shape index (κ1) is 50.5. The molecule has 0 radical (unpaired) electrons. The fourth-order valence-corrected chi connectivity index (χ4v) is 10.8. The number of nitrogens with zero attached hydrogens (tertiary/aromatic N) is 2. The molecule has 0 aromatic heterocycles. The number of rotatable bonds is 20. The van der Waals surface area contributed by atoms with Crippen molar-refractivity contribution in [2.75, 3.05) is 9.80 Å². The number of aryl methyl sites for hydroxylation is 4. The third-order valence-corrected chi connectivity index (χ3v) is 15.1. The fraction of sp³-hybridized carbons (Fsp3) is 0.206. The molecule has 72 heavy (non-hydrogen) atoms. The van der Waals surface area contributed by atoms with Gasteiger partial charge in [-0.3, -0.25) is 0 Å². The first-order valence-electron chi connectivity index (χ1n) is 26.1. The first-order chi connectivity index (χ1) is 35.3. The van der Waals surface area contributed by atoms with Crippen LogP contribution in [0.15, 0.2) is 215 Å². The zero-order valence-corrected chi connectivity index (χ0v) is 45.5. The number of unbranched alkanes of at least 4 members (excludes halogenated alkanes) is 6. The van der Waals surface area contributed by atoms with E-state index < -0.39 is 0 Å². The largest absolute Gasteiger partial charge is 0.310 e. The minimum absolute atomic E-state index is 1.02. The molecule has 0 atom stereocenters. The van der Waals surface area contributed by atoms with Gasteiger partial charge < -0.3 is 9.80 Å². The van der Waals surface area contributed by atoms with Gasteiger partial charge in [0.05, 0.1) is 0 Å². The van der Waals surface area contributed by atoms with E-state index in [2.05, 4.69) is 276 Å². The normalized spacial score (nSPS) is 11.2. The Morgan fingerprint density at radius 2 is 0.667 bits per heavy atom. The molecule has 9 rings (SSSR count). The molecule has 0 saturated heterocycles. The van der Waals surface area contributed by atoms with Crippen LogP contribution >= 0.6 is 31.9 Å². The molecule has 9 aromatic rings.